The highest BCUT2D eigenvalue weighted by atomic mass is 32.1. The summed E-state index contributed by atoms with van der Waals surface area (Å²) in [5, 5.41) is 2.05. The zero-order valence-electron chi connectivity index (χ0n) is 11.7. The summed E-state index contributed by atoms with van der Waals surface area (Å²) in [6.45, 7) is 2.73. The predicted octanol–water partition coefficient (Wildman–Crippen LogP) is 2.84. The van der Waals surface area contributed by atoms with E-state index >= 15 is 0 Å². The lowest BCUT2D eigenvalue weighted by molar-refractivity contribution is -0.131. The molecule has 1 heterocycles. The van der Waals surface area contributed by atoms with Crippen molar-refractivity contribution in [3.8, 4) is 0 Å². The van der Waals surface area contributed by atoms with Crippen LogP contribution in [0.1, 0.15) is 23.4 Å². The predicted molar refractivity (Wildman–Crippen MR) is 83.6 cm³/mol. The van der Waals surface area contributed by atoms with Crippen LogP contribution in [0.25, 0.3) is 0 Å². The maximum absolute atomic E-state index is 12.1. The molecule has 2 aromatic rings. The first-order valence-corrected chi connectivity index (χ1v) is 7.71. The standard InChI is InChI=1S/C16H20N2OS/c1-2-18(16(19)12-17)14(15-9-6-10-20-15)11-13-7-4-3-5-8-13/h3-10,14H,2,11-12,17H2,1H3. The maximum Gasteiger partial charge on any atom is 0.236 e. The van der Waals surface area contributed by atoms with E-state index in [-0.39, 0.29) is 18.5 Å². The third kappa shape index (κ3) is 3.46. The van der Waals surface area contributed by atoms with Gasteiger partial charge in [-0.3, -0.25) is 4.79 Å². The van der Waals surface area contributed by atoms with Gasteiger partial charge in [0.15, 0.2) is 0 Å². The second kappa shape index (κ2) is 7.22. The Morgan fingerprint density at radius 2 is 2.00 bits per heavy atom. The van der Waals surface area contributed by atoms with Crippen molar-refractivity contribution >= 4 is 17.2 Å². The molecule has 1 aromatic heterocycles. The lowest BCUT2D eigenvalue weighted by Crippen LogP contribution is -2.39. The average Bonchev–Trinajstić information content (AvgIpc) is 3.01. The molecule has 0 radical (unpaired) electrons. The van der Waals surface area contributed by atoms with Crippen LogP contribution in [0.15, 0.2) is 47.8 Å². The molecule has 0 aliphatic heterocycles. The van der Waals surface area contributed by atoms with Crippen molar-refractivity contribution in [1.82, 2.24) is 4.90 Å². The number of hydrogen-bond donors (Lipinski definition) is 1. The van der Waals surface area contributed by atoms with Gasteiger partial charge < -0.3 is 10.6 Å². The Hall–Kier alpha value is -1.65. The summed E-state index contributed by atoms with van der Waals surface area (Å²) >= 11 is 1.69. The number of likely N-dealkylation sites (N-methyl/N-ethyl adjacent to an activating group) is 1. The van der Waals surface area contributed by atoms with Gasteiger partial charge in [-0.1, -0.05) is 36.4 Å². The summed E-state index contributed by atoms with van der Waals surface area (Å²) in [6.07, 6.45) is 0.820. The first kappa shape index (κ1) is 14.8. The van der Waals surface area contributed by atoms with Gasteiger partial charge in [-0.15, -0.1) is 11.3 Å². The largest absolute Gasteiger partial charge is 0.334 e. The fourth-order valence-corrected chi connectivity index (χ4v) is 3.21. The molecule has 1 aromatic carbocycles. The van der Waals surface area contributed by atoms with E-state index in [1.807, 2.05) is 41.5 Å². The molecule has 1 unspecified atom stereocenters. The Labute approximate surface area is 124 Å². The number of rotatable bonds is 6. The summed E-state index contributed by atoms with van der Waals surface area (Å²) in [7, 11) is 0. The van der Waals surface area contributed by atoms with Gasteiger partial charge in [-0.05, 0) is 30.4 Å². The third-order valence-electron chi connectivity index (χ3n) is 3.36. The van der Waals surface area contributed by atoms with E-state index in [1.165, 1.54) is 10.4 Å². The van der Waals surface area contributed by atoms with Crippen molar-refractivity contribution in [2.45, 2.75) is 19.4 Å². The van der Waals surface area contributed by atoms with Gasteiger partial charge in [0.2, 0.25) is 5.91 Å². The smallest absolute Gasteiger partial charge is 0.236 e. The first-order chi connectivity index (χ1) is 9.76. The number of thiophene rings is 1. The Bertz CT molecular complexity index is 525. The Morgan fingerprint density at radius 3 is 2.55 bits per heavy atom. The molecule has 0 saturated carbocycles. The molecule has 1 atom stereocenters. The van der Waals surface area contributed by atoms with Crippen LogP contribution in [-0.2, 0) is 11.2 Å². The molecular formula is C16H20N2OS. The second-order valence-corrected chi connectivity index (χ2v) is 5.58. The summed E-state index contributed by atoms with van der Waals surface area (Å²) in [5.74, 6) is 0.00170. The van der Waals surface area contributed by atoms with Crippen molar-refractivity contribution in [3.05, 3.63) is 58.3 Å². The molecule has 3 nitrogen and oxygen atoms in total. The number of amides is 1. The molecule has 2 N–H and O–H groups in total. The molecule has 0 fully saturated rings. The second-order valence-electron chi connectivity index (χ2n) is 4.60. The maximum atomic E-state index is 12.1. The quantitative estimate of drug-likeness (QED) is 0.888. The van der Waals surface area contributed by atoms with Crippen molar-refractivity contribution < 1.29 is 4.79 Å². The Morgan fingerprint density at radius 1 is 1.25 bits per heavy atom. The van der Waals surface area contributed by atoms with Gasteiger partial charge in [0.25, 0.3) is 0 Å². The van der Waals surface area contributed by atoms with Crippen LogP contribution in [-0.4, -0.2) is 23.9 Å². The van der Waals surface area contributed by atoms with Crippen molar-refractivity contribution in [2.24, 2.45) is 5.73 Å². The summed E-state index contributed by atoms with van der Waals surface area (Å²) in [5.41, 5.74) is 6.78. The summed E-state index contributed by atoms with van der Waals surface area (Å²) < 4.78 is 0. The molecule has 1 amide bonds. The average molecular weight is 288 g/mol. The molecular weight excluding hydrogens is 268 g/mol. The number of benzene rings is 1. The molecule has 20 heavy (non-hydrogen) atoms. The van der Waals surface area contributed by atoms with Gasteiger partial charge >= 0.3 is 0 Å². The fourth-order valence-electron chi connectivity index (χ4n) is 2.37. The lowest BCUT2D eigenvalue weighted by Gasteiger charge is -2.30. The molecule has 4 heteroatoms. The number of carbonyl (C=O) groups excluding carboxylic acids is 1. The monoisotopic (exact) mass is 288 g/mol. The molecule has 2 rings (SSSR count). The lowest BCUT2D eigenvalue weighted by atomic mass is 10.0. The van der Waals surface area contributed by atoms with Crippen LogP contribution >= 0.6 is 11.3 Å². The van der Waals surface area contributed by atoms with E-state index in [9.17, 15) is 4.79 Å². The van der Waals surface area contributed by atoms with Crippen LogP contribution in [0, 0.1) is 0 Å². The van der Waals surface area contributed by atoms with E-state index in [4.69, 9.17) is 5.73 Å². The van der Waals surface area contributed by atoms with Gasteiger partial charge in [0, 0.05) is 11.4 Å². The number of nitrogens with two attached hydrogens (primary N) is 1. The highest BCUT2D eigenvalue weighted by molar-refractivity contribution is 7.10. The van der Waals surface area contributed by atoms with E-state index in [0.717, 1.165) is 6.42 Å². The highest BCUT2D eigenvalue weighted by Crippen LogP contribution is 2.28. The van der Waals surface area contributed by atoms with Gasteiger partial charge in [-0.2, -0.15) is 0 Å². The van der Waals surface area contributed by atoms with Gasteiger partial charge in [0.05, 0.1) is 12.6 Å². The zero-order valence-corrected chi connectivity index (χ0v) is 12.5. The van der Waals surface area contributed by atoms with Gasteiger partial charge in [-0.25, -0.2) is 0 Å². The number of carbonyl (C=O) groups is 1. The van der Waals surface area contributed by atoms with E-state index in [1.54, 1.807) is 11.3 Å². The normalized spacial score (nSPS) is 12.1. The molecule has 0 bridgehead atoms. The third-order valence-corrected chi connectivity index (χ3v) is 4.33. The molecule has 0 spiro atoms. The topological polar surface area (TPSA) is 46.3 Å². The van der Waals surface area contributed by atoms with Crippen LogP contribution in [0.4, 0.5) is 0 Å². The van der Waals surface area contributed by atoms with Gasteiger partial charge in [0.1, 0.15) is 0 Å². The van der Waals surface area contributed by atoms with Crippen LogP contribution in [0.3, 0.4) is 0 Å². The minimum absolute atomic E-state index is 0.00170. The van der Waals surface area contributed by atoms with Crippen molar-refractivity contribution in [1.29, 1.82) is 0 Å². The summed E-state index contributed by atoms with van der Waals surface area (Å²) in [6, 6.07) is 14.4. The molecule has 106 valence electrons. The van der Waals surface area contributed by atoms with Crippen molar-refractivity contribution in [3.63, 3.8) is 0 Å². The van der Waals surface area contributed by atoms with Crippen LogP contribution in [0.2, 0.25) is 0 Å². The number of hydrogen-bond acceptors (Lipinski definition) is 3. The summed E-state index contributed by atoms with van der Waals surface area (Å²) in [4.78, 5) is 15.2. The Kier molecular flexibility index (Phi) is 5.32. The minimum Gasteiger partial charge on any atom is -0.334 e. The molecule has 0 aliphatic carbocycles. The van der Waals surface area contributed by atoms with E-state index < -0.39 is 0 Å². The van der Waals surface area contributed by atoms with E-state index in [2.05, 4.69) is 18.2 Å². The fraction of sp³-hybridized carbons (Fsp3) is 0.312. The Balaban J connectivity index is 2.27. The number of nitrogens with zero attached hydrogens (tertiary/aromatic N) is 1. The van der Waals surface area contributed by atoms with Crippen LogP contribution < -0.4 is 5.73 Å². The first-order valence-electron chi connectivity index (χ1n) is 6.83. The SMILES string of the molecule is CCN(C(=O)CN)C(Cc1ccccc1)c1cccs1. The highest BCUT2D eigenvalue weighted by Gasteiger charge is 2.24. The zero-order chi connectivity index (χ0) is 14.4. The van der Waals surface area contributed by atoms with Crippen molar-refractivity contribution in [2.75, 3.05) is 13.1 Å². The molecule has 0 aliphatic rings. The van der Waals surface area contributed by atoms with E-state index in [0.29, 0.717) is 6.54 Å². The molecule has 0 saturated heterocycles. The minimum atomic E-state index is 0.00170. The van der Waals surface area contributed by atoms with Crippen LogP contribution in [0.5, 0.6) is 0 Å².